The Hall–Kier alpha value is -3.15. The quantitative estimate of drug-likeness (QED) is 0.259. The number of benzene rings is 3. The molecule has 4 nitrogen and oxygen atoms in total. The van der Waals surface area contributed by atoms with Crippen molar-refractivity contribution in [3.05, 3.63) is 100 Å². The Morgan fingerprint density at radius 2 is 1.84 bits per heavy atom. The number of aromatic nitrogens is 1. The van der Waals surface area contributed by atoms with Gasteiger partial charge in [0.25, 0.3) is 0 Å². The van der Waals surface area contributed by atoms with Gasteiger partial charge in [-0.2, -0.15) is 0 Å². The zero-order chi connectivity index (χ0) is 21.6. The lowest BCUT2D eigenvalue weighted by Gasteiger charge is -2.12. The summed E-state index contributed by atoms with van der Waals surface area (Å²) >= 11 is 6.13. The van der Waals surface area contributed by atoms with Crippen LogP contribution >= 0.6 is 11.6 Å². The molecule has 0 aliphatic carbocycles. The Kier molecular flexibility index (Phi) is 6.65. The van der Waals surface area contributed by atoms with Gasteiger partial charge in [0.15, 0.2) is 5.78 Å². The molecular weight excluding hydrogens is 417 g/mol. The Bertz CT molecular complexity index is 1190. The maximum Gasteiger partial charge on any atom is 0.169 e. The van der Waals surface area contributed by atoms with Crippen molar-refractivity contribution in [3.63, 3.8) is 0 Å². The van der Waals surface area contributed by atoms with Crippen LogP contribution in [0.25, 0.3) is 10.9 Å². The van der Waals surface area contributed by atoms with Gasteiger partial charge in [0, 0.05) is 39.7 Å². The van der Waals surface area contributed by atoms with Crippen molar-refractivity contribution in [3.8, 4) is 5.75 Å². The Morgan fingerprint density at radius 1 is 1.00 bits per heavy atom. The molecule has 0 saturated carbocycles. The van der Waals surface area contributed by atoms with E-state index >= 15 is 0 Å². The van der Waals surface area contributed by atoms with Crippen molar-refractivity contribution in [1.82, 2.24) is 4.98 Å². The van der Waals surface area contributed by atoms with E-state index in [1.54, 1.807) is 30.5 Å². The van der Waals surface area contributed by atoms with Gasteiger partial charge in [-0.3, -0.25) is 4.79 Å². The average Bonchev–Trinajstić information content (AvgIpc) is 3.19. The summed E-state index contributed by atoms with van der Waals surface area (Å²) in [6, 6.07) is 19.4. The van der Waals surface area contributed by atoms with Crippen LogP contribution in [0.1, 0.15) is 21.5 Å². The van der Waals surface area contributed by atoms with Crippen LogP contribution in [0, 0.1) is 5.82 Å². The van der Waals surface area contributed by atoms with Crippen LogP contribution in [-0.2, 0) is 17.8 Å². The van der Waals surface area contributed by atoms with Gasteiger partial charge in [-0.1, -0.05) is 48.0 Å². The van der Waals surface area contributed by atoms with Crippen LogP contribution in [0.2, 0.25) is 5.02 Å². The first-order valence-electron chi connectivity index (χ1n) is 9.93. The Morgan fingerprint density at radius 3 is 2.68 bits per heavy atom. The third-order valence-corrected chi connectivity index (χ3v) is 5.16. The topological polar surface area (TPSA) is 51.3 Å². The fourth-order valence-corrected chi connectivity index (χ4v) is 3.54. The number of Topliss-reactive ketones (excluding diaryl/α,β-unsaturated/α-hetero) is 1. The molecule has 0 bridgehead atoms. The fraction of sp³-hybridized carbons (Fsp3) is 0.160. The second-order valence-electron chi connectivity index (χ2n) is 7.13. The minimum atomic E-state index is -0.351. The minimum absolute atomic E-state index is 0.0923. The number of hydrogen-bond acceptors (Lipinski definition) is 3. The van der Waals surface area contributed by atoms with E-state index in [-0.39, 0.29) is 18.0 Å². The summed E-state index contributed by atoms with van der Waals surface area (Å²) in [4.78, 5) is 15.9. The van der Waals surface area contributed by atoms with Crippen molar-refractivity contribution in [1.29, 1.82) is 0 Å². The summed E-state index contributed by atoms with van der Waals surface area (Å²) < 4.78 is 24.9. The van der Waals surface area contributed by atoms with Crippen molar-refractivity contribution < 1.29 is 18.7 Å². The lowest BCUT2D eigenvalue weighted by atomic mass is 10.0. The van der Waals surface area contributed by atoms with Crippen LogP contribution in [0.3, 0.4) is 0 Å². The normalized spacial score (nSPS) is 11.0. The Balaban J connectivity index is 1.39. The number of H-pyrrole nitrogens is 1. The third-order valence-electron chi connectivity index (χ3n) is 4.92. The highest BCUT2D eigenvalue weighted by atomic mass is 35.5. The average molecular weight is 438 g/mol. The van der Waals surface area contributed by atoms with Crippen molar-refractivity contribution >= 4 is 28.3 Å². The minimum Gasteiger partial charge on any atom is -0.491 e. The zero-order valence-electron chi connectivity index (χ0n) is 16.7. The summed E-state index contributed by atoms with van der Waals surface area (Å²) in [6.45, 7) is 1.25. The van der Waals surface area contributed by atoms with Crippen LogP contribution in [-0.4, -0.2) is 24.0 Å². The number of carbonyl (C=O) groups excluding carboxylic acids is 1. The van der Waals surface area contributed by atoms with E-state index in [0.717, 1.165) is 11.1 Å². The number of fused-ring (bicyclic) bond motifs is 1. The van der Waals surface area contributed by atoms with Gasteiger partial charge in [0.1, 0.15) is 18.2 Å². The number of nitrogens with one attached hydrogen (secondary N) is 1. The molecule has 1 N–H and O–H groups in total. The monoisotopic (exact) mass is 437 g/mol. The molecule has 0 aliphatic rings. The first-order valence-corrected chi connectivity index (χ1v) is 10.3. The second-order valence-corrected chi connectivity index (χ2v) is 7.57. The first kappa shape index (κ1) is 21.1. The van der Waals surface area contributed by atoms with E-state index < -0.39 is 0 Å². The molecule has 1 aromatic heterocycles. The van der Waals surface area contributed by atoms with E-state index in [0.29, 0.717) is 47.1 Å². The van der Waals surface area contributed by atoms with Crippen molar-refractivity contribution in [2.75, 3.05) is 13.2 Å². The predicted octanol–water partition coefficient (Wildman–Crippen LogP) is 5.98. The summed E-state index contributed by atoms with van der Waals surface area (Å²) in [5.74, 6) is 0.108. The molecule has 0 saturated heterocycles. The summed E-state index contributed by atoms with van der Waals surface area (Å²) in [6.07, 6.45) is 1.75. The maximum absolute atomic E-state index is 13.4. The van der Waals surface area contributed by atoms with Gasteiger partial charge < -0.3 is 14.5 Å². The molecule has 0 atom stereocenters. The standard InChI is InChI=1S/C25H21ClFNO3/c26-19-7-6-18(12-24(29)22-15-28-23-14-20(27)8-9-21(22)23)25(13-19)31-11-10-30-16-17-4-2-1-3-5-17/h1-9,13-15,28H,10-12,16H2. The van der Waals surface area contributed by atoms with E-state index in [4.69, 9.17) is 21.1 Å². The highest BCUT2D eigenvalue weighted by Gasteiger charge is 2.16. The molecule has 4 rings (SSSR count). The van der Waals surface area contributed by atoms with Gasteiger partial charge in [0.05, 0.1) is 13.2 Å². The molecule has 31 heavy (non-hydrogen) atoms. The Labute approximate surface area is 184 Å². The van der Waals surface area contributed by atoms with Crippen LogP contribution < -0.4 is 4.74 Å². The van der Waals surface area contributed by atoms with Crippen molar-refractivity contribution in [2.45, 2.75) is 13.0 Å². The van der Waals surface area contributed by atoms with Gasteiger partial charge in [-0.15, -0.1) is 0 Å². The molecule has 4 aromatic rings. The van der Waals surface area contributed by atoms with Crippen molar-refractivity contribution in [2.24, 2.45) is 0 Å². The highest BCUT2D eigenvalue weighted by molar-refractivity contribution is 6.30. The molecule has 158 valence electrons. The zero-order valence-corrected chi connectivity index (χ0v) is 17.5. The lowest BCUT2D eigenvalue weighted by molar-refractivity contribution is 0.0883. The smallest absolute Gasteiger partial charge is 0.169 e. The van der Waals surface area contributed by atoms with E-state index in [9.17, 15) is 9.18 Å². The molecular formula is C25H21ClFNO3. The van der Waals surface area contributed by atoms with Gasteiger partial charge >= 0.3 is 0 Å². The molecule has 0 unspecified atom stereocenters. The van der Waals surface area contributed by atoms with Gasteiger partial charge in [-0.25, -0.2) is 4.39 Å². The number of halogens is 2. The number of ketones is 1. The molecule has 6 heteroatoms. The lowest BCUT2D eigenvalue weighted by Crippen LogP contribution is -2.10. The predicted molar refractivity (Wildman–Crippen MR) is 119 cm³/mol. The SMILES string of the molecule is O=C(Cc1ccc(Cl)cc1OCCOCc1ccccc1)c1c[nH]c2cc(F)ccc12. The summed E-state index contributed by atoms with van der Waals surface area (Å²) in [7, 11) is 0. The number of hydrogen-bond donors (Lipinski definition) is 1. The number of carbonyl (C=O) groups is 1. The third kappa shape index (κ3) is 5.32. The van der Waals surface area contributed by atoms with E-state index in [2.05, 4.69) is 4.98 Å². The fourth-order valence-electron chi connectivity index (χ4n) is 3.38. The molecule has 0 spiro atoms. The largest absolute Gasteiger partial charge is 0.491 e. The number of rotatable bonds is 9. The number of ether oxygens (including phenoxy) is 2. The van der Waals surface area contributed by atoms with E-state index in [1.807, 2.05) is 30.3 Å². The van der Waals surface area contributed by atoms with Crippen LogP contribution in [0.15, 0.2) is 72.9 Å². The molecule has 1 heterocycles. The summed E-state index contributed by atoms with van der Waals surface area (Å²) in [5.41, 5.74) is 2.93. The molecule has 0 aliphatic heterocycles. The van der Waals surface area contributed by atoms with Crippen LogP contribution in [0.4, 0.5) is 4.39 Å². The van der Waals surface area contributed by atoms with Gasteiger partial charge in [0.2, 0.25) is 0 Å². The maximum atomic E-state index is 13.4. The molecule has 3 aromatic carbocycles. The van der Waals surface area contributed by atoms with Crippen LogP contribution in [0.5, 0.6) is 5.75 Å². The molecule has 0 radical (unpaired) electrons. The molecule has 0 amide bonds. The summed E-state index contributed by atoms with van der Waals surface area (Å²) in [5, 5.41) is 1.22. The highest BCUT2D eigenvalue weighted by Crippen LogP contribution is 2.27. The van der Waals surface area contributed by atoms with Gasteiger partial charge in [-0.05, 0) is 35.9 Å². The number of aromatic amines is 1. The second kappa shape index (κ2) is 9.77. The van der Waals surface area contributed by atoms with E-state index in [1.165, 1.54) is 12.1 Å². The molecule has 0 fully saturated rings. The first-order chi connectivity index (χ1) is 15.1.